The highest BCUT2D eigenvalue weighted by molar-refractivity contribution is 6.19. The monoisotopic (exact) mass is 447 g/mol. The first-order valence-corrected chi connectivity index (χ1v) is 10.4. The van der Waals surface area contributed by atoms with Crippen LogP contribution in [0, 0.1) is 0 Å². The number of carbonyl (C=O) groups excluding carboxylic acids is 4. The van der Waals surface area contributed by atoms with Gasteiger partial charge in [0, 0.05) is 11.1 Å². The molecule has 0 fully saturated rings. The Morgan fingerprint density at radius 1 is 0.471 bits per heavy atom. The van der Waals surface area contributed by atoms with Crippen LogP contribution < -0.4 is 0 Å². The fraction of sp³-hybridized carbons (Fsp3) is 0. The lowest BCUT2D eigenvalue weighted by Crippen LogP contribution is -2.02. The third kappa shape index (κ3) is 2.95. The molecule has 0 atom stereocenters. The van der Waals surface area contributed by atoms with Gasteiger partial charge in [-0.1, -0.05) is 54.6 Å². The Morgan fingerprint density at radius 2 is 0.941 bits per heavy atom. The molecular formula is C27H13NO6. The summed E-state index contributed by atoms with van der Waals surface area (Å²) in [4.78, 5) is 53.8. The van der Waals surface area contributed by atoms with E-state index in [1.165, 1.54) is 12.1 Å². The van der Waals surface area contributed by atoms with Crippen LogP contribution in [0.5, 0.6) is 0 Å². The van der Waals surface area contributed by atoms with Crippen molar-refractivity contribution in [3.05, 3.63) is 101 Å². The van der Waals surface area contributed by atoms with E-state index in [-0.39, 0.29) is 22.3 Å². The number of rotatable bonds is 3. The van der Waals surface area contributed by atoms with Gasteiger partial charge in [0.2, 0.25) is 0 Å². The van der Waals surface area contributed by atoms with Gasteiger partial charge in [-0.2, -0.15) is 0 Å². The maximum absolute atomic E-state index is 12.4. The Labute approximate surface area is 192 Å². The lowest BCUT2D eigenvalue weighted by molar-refractivity contribution is 0.0426. The number of fused-ring (bicyclic) bond motifs is 2. The van der Waals surface area contributed by atoms with E-state index >= 15 is 0 Å². The van der Waals surface area contributed by atoms with Crippen molar-refractivity contribution in [2.75, 3.05) is 0 Å². The third-order valence-corrected chi connectivity index (χ3v) is 5.83. The smallest absolute Gasteiger partial charge is 0.347 e. The van der Waals surface area contributed by atoms with Crippen LogP contribution in [0.3, 0.4) is 0 Å². The molecule has 0 radical (unpaired) electrons. The summed E-state index contributed by atoms with van der Waals surface area (Å²) in [6.45, 7) is 0. The van der Waals surface area contributed by atoms with Crippen LogP contribution >= 0.6 is 0 Å². The van der Waals surface area contributed by atoms with Gasteiger partial charge in [-0.05, 0) is 35.4 Å². The molecule has 2 aliphatic rings. The van der Waals surface area contributed by atoms with Crippen molar-refractivity contribution in [3.63, 3.8) is 0 Å². The number of hydrogen-bond acceptors (Lipinski definition) is 7. The summed E-state index contributed by atoms with van der Waals surface area (Å²) < 4.78 is 9.61. The SMILES string of the molecule is O=C1OC(=O)c2c1cccc2-c1cc(-c2ccccc2)cc(-c2cccc3c2C(=O)OC3=O)n1. The predicted octanol–water partition coefficient (Wildman–Crippen LogP) is 4.70. The predicted molar refractivity (Wildman–Crippen MR) is 120 cm³/mol. The largest absolute Gasteiger partial charge is 0.386 e. The van der Waals surface area contributed by atoms with Crippen molar-refractivity contribution in [3.8, 4) is 33.6 Å². The minimum Gasteiger partial charge on any atom is -0.386 e. The minimum atomic E-state index is -0.737. The van der Waals surface area contributed by atoms with Gasteiger partial charge in [-0.25, -0.2) is 24.2 Å². The van der Waals surface area contributed by atoms with Crippen molar-refractivity contribution in [2.45, 2.75) is 0 Å². The second-order valence-electron chi connectivity index (χ2n) is 7.80. The average molecular weight is 447 g/mol. The standard InChI is InChI=1S/C27H13NO6/c29-24-18-10-4-8-16(22(18)26(31)33-24)20-12-15(14-6-2-1-3-7-14)13-21(28-20)17-9-5-11-19-23(17)27(32)34-25(19)30/h1-13H. The number of benzene rings is 3. The number of esters is 4. The van der Waals surface area contributed by atoms with E-state index in [0.29, 0.717) is 22.5 Å². The van der Waals surface area contributed by atoms with Gasteiger partial charge < -0.3 is 9.47 Å². The molecule has 0 bridgehead atoms. The van der Waals surface area contributed by atoms with E-state index in [4.69, 9.17) is 14.5 Å². The lowest BCUT2D eigenvalue weighted by Gasteiger charge is -2.12. The van der Waals surface area contributed by atoms with E-state index < -0.39 is 23.9 Å². The number of cyclic esters (lactones) is 4. The van der Waals surface area contributed by atoms with Crippen molar-refractivity contribution < 1.29 is 28.7 Å². The molecule has 7 heteroatoms. The molecule has 0 unspecified atom stereocenters. The van der Waals surface area contributed by atoms with Crippen molar-refractivity contribution in [1.29, 1.82) is 0 Å². The Balaban J connectivity index is 1.63. The number of aromatic nitrogens is 1. The quantitative estimate of drug-likeness (QED) is 0.331. The molecule has 1 aromatic heterocycles. The van der Waals surface area contributed by atoms with Crippen molar-refractivity contribution in [2.24, 2.45) is 0 Å². The average Bonchev–Trinajstić information content (AvgIpc) is 3.33. The molecule has 4 aromatic rings. The normalized spacial score (nSPS) is 14.0. The maximum atomic E-state index is 12.4. The number of carbonyl (C=O) groups is 4. The number of ether oxygens (including phenoxy) is 2. The van der Waals surface area contributed by atoms with Gasteiger partial charge in [0.15, 0.2) is 0 Å². The second kappa shape index (κ2) is 7.31. The summed E-state index contributed by atoms with van der Waals surface area (Å²) >= 11 is 0. The summed E-state index contributed by atoms with van der Waals surface area (Å²) in [5, 5.41) is 0. The van der Waals surface area contributed by atoms with E-state index in [2.05, 4.69) is 0 Å². The zero-order chi connectivity index (χ0) is 23.4. The molecule has 7 nitrogen and oxygen atoms in total. The van der Waals surface area contributed by atoms with E-state index in [1.54, 1.807) is 36.4 Å². The minimum absolute atomic E-state index is 0.143. The Morgan fingerprint density at radius 3 is 1.44 bits per heavy atom. The first kappa shape index (κ1) is 19.8. The Hall–Kier alpha value is -4.91. The molecule has 0 amide bonds. The fourth-order valence-corrected chi connectivity index (χ4v) is 4.30. The zero-order valence-electron chi connectivity index (χ0n) is 17.4. The summed E-state index contributed by atoms with van der Waals surface area (Å²) in [5.74, 6) is -2.88. The number of hydrogen-bond donors (Lipinski definition) is 0. The molecule has 2 aliphatic heterocycles. The lowest BCUT2D eigenvalue weighted by atomic mass is 9.94. The summed E-state index contributed by atoms with van der Waals surface area (Å²) in [7, 11) is 0. The summed E-state index contributed by atoms with van der Waals surface area (Å²) in [5.41, 5.74) is 3.96. The third-order valence-electron chi connectivity index (χ3n) is 5.83. The van der Waals surface area contributed by atoms with Crippen molar-refractivity contribution in [1.82, 2.24) is 4.98 Å². The highest BCUT2D eigenvalue weighted by atomic mass is 16.6. The number of pyridine rings is 1. The molecule has 0 aliphatic carbocycles. The van der Waals surface area contributed by atoms with E-state index in [0.717, 1.165) is 11.1 Å². The van der Waals surface area contributed by atoms with Crippen LogP contribution in [0.2, 0.25) is 0 Å². The van der Waals surface area contributed by atoms with Crippen molar-refractivity contribution >= 4 is 23.9 Å². The van der Waals surface area contributed by atoms with Crippen LogP contribution in [0.1, 0.15) is 41.4 Å². The molecule has 34 heavy (non-hydrogen) atoms. The Bertz CT molecular complexity index is 1480. The molecule has 0 N–H and O–H groups in total. The van der Waals surface area contributed by atoms with Gasteiger partial charge in [0.25, 0.3) is 0 Å². The topological polar surface area (TPSA) is 99.6 Å². The maximum Gasteiger partial charge on any atom is 0.347 e. The molecule has 0 saturated heterocycles. The fourth-order valence-electron chi connectivity index (χ4n) is 4.30. The first-order valence-electron chi connectivity index (χ1n) is 10.4. The van der Waals surface area contributed by atoms with E-state index in [1.807, 2.05) is 30.3 Å². The molecule has 0 spiro atoms. The molecule has 6 rings (SSSR count). The first-order chi connectivity index (χ1) is 16.5. The summed E-state index contributed by atoms with van der Waals surface area (Å²) in [6, 6.07) is 22.9. The van der Waals surface area contributed by atoms with Gasteiger partial charge in [0.05, 0.1) is 33.6 Å². The van der Waals surface area contributed by atoms with Gasteiger partial charge >= 0.3 is 23.9 Å². The molecule has 3 aromatic carbocycles. The molecule has 3 heterocycles. The molecular weight excluding hydrogens is 434 g/mol. The molecule has 162 valence electrons. The molecule has 0 saturated carbocycles. The second-order valence-corrected chi connectivity index (χ2v) is 7.80. The number of nitrogens with zero attached hydrogens (tertiary/aromatic N) is 1. The zero-order valence-corrected chi connectivity index (χ0v) is 17.4. The van der Waals surface area contributed by atoms with Gasteiger partial charge in [-0.3, -0.25) is 0 Å². The highest BCUT2D eigenvalue weighted by Gasteiger charge is 2.34. The Kier molecular flexibility index (Phi) is 4.25. The van der Waals surface area contributed by atoms with Crippen LogP contribution in [-0.4, -0.2) is 28.9 Å². The highest BCUT2D eigenvalue weighted by Crippen LogP contribution is 2.37. The van der Waals surface area contributed by atoms with Crippen LogP contribution in [0.4, 0.5) is 0 Å². The summed E-state index contributed by atoms with van der Waals surface area (Å²) in [6.07, 6.45) is 0. The van der Waals surface area contributed by atoms with Crippen LogP contribution in [-0.2, 0) is 9.47 Å². The van der Waals surface area contributed by atoms with E-state index in [9.17, 15) is 19.2 Å². The van der Waals surface area contributed by atoms with Gasteiger partial charge in [0.1, 0.15) is 0 Å². The van der Waals surface area contributed by atoms with Crippen LogP contribution in [0.15, 0.2) is 78.9 Å². The van der Waals surface area contributed by atoms with Gasteiger partial charge in [-0.15, -0.1) is 0 Å². The van der Waals surface area contributed by atoms with Crippen LogP contribution in [0.25, 0.3) is 33.6 Å².